The number of rotatable bonds is 43. The minimum Gasteiger partial charge on any atom is -0.479 e. The maximum Gasteiger partial charge on any atom is 0.335 e. The molecule has 0 amide bonds. The highest BCUT2D eigenvalue weighted by atomic mass is 16.7. The van der Waals surface area contributed by atoms with Crippen molar-refractivity contribution in [2.24, 2.45) is 0 Å². The molecule has 73 heavy (non-hydrogen) atoms. The molecule has 0 saturated carbocycles. The summed E-state index contributed by atoms with van der Waals surface area (Å²) in [6.45, 7) is 5.57. The van der Waals surface area contributed by atoms with Crippen LogP contribution in [0, 0.1) is 0 Å². The van der Waals surface area contributed by atoms with Crippen molar-refractivity contribution in [3.05, 3.63) is 134 Å². The van der Waals surface area contributed by atoms with Crippen molar-refractivity contribution in [1.29, 1.82) is 0 Å². The Balaban J connectivity index is 2.84. The molecule has 0 spiro atoms. The summed E-state index contributed by atoms with van der Waals surface area (Å²) in [4.78, 5) is 50.8. The van der Waals surface area contributed by atoms with Gasteiger partial charge in [0.1, 0.15) is 18.8 Å². The van der Waals surface area contributed by atoms with Gasteiger partial charge in [-0.05, 0) is 96.3 Å². The molecule has 0 bridgehead atoms. The summed E-state index contributed by atoms with van der Waals surface area (Å²) in [5.41, 5.74) is 0. The zero-order valence-electron chi connectivity index (χ0n) is 44.6. The maximum absolute atomic E-state index is 13.1. The molecule has 0 aromatic heterocycles. The summed E-state index contributed by atoms with van der Waals surface area (Å²) in [6, 6.07) is 0. The minimum atomic E-state index is -1.95. The number of aliphatic hydroxyl groups is 2. The smallest absolute Gasteiger partial charge is 0.335 e. The van der Waals surface area contributed by atoms with Crippen LogP contribution in [0.4, 0.5) is 0 Å². The van der Waals surface area contributed by atoms with Crippen LogP contribution in [0.1, 0.15) is 175 Å². The van der Waals surface area contributed by atoms with E-state index in [1.165, 1.54) is 25.7 Å². The average molecular weight is 1020 g/mol. The van der Waals surface area contributed by atoms with Crippen molar-refractivity contribution in [2.75, 3.05) is 13.2 Å². The highest BCUT2D eigenvalue weighted by Crippen LogP contribution is 2.26. The first-order valence-corrected chi connectivity index (χ1v) is 27.2. The van der Waals surface area contributed by atoms with E-state index in [9.17, 15) is 34.5 Å². The third kappa shape index (κ3) is 38.2. The summed E-state index contributed by atoms with van der Waals surface area (Å²) in [6.07, 6.45) is 54.9. The van der Waals surface area contributed by atoms with Gasteiger partial charge in [-0.3, -0.25) is 14.4 Å². The Bertz CT molecular complexity index is 1780. The number of aliphatic hydroxyl groups excluding tert-OH is 2. The Kier molecular flexibility index (Phi) is 43.2. The van der Waals surface area contributed by atoms with Crippen molar-refractivity contribution in [2.45, 2.75) is 212 Å². The van der Waals surface area contributed by atoms with Crippen molar-refractivity contribution < 1.29 is 58.2 Å². The third-order valence-corrected chi connectivity index (χ3v) is 11.3. The number of carbonyl (C=O) groups is 4. The van der Waals surface area contributed by atoms with Crippen molar-refractivity contribution in [3.63, 3.8) is 0 Å². The SMILES string of the molecule is CC/C=C\C/C=C\C/C=C\C/C=C\C/C=C\CC(=O)OCC(COC1OC(C(=O)O)C(O)C(O)C1OC(=O)C/C=C\C/C=C\C/C=C\C/C=C\C/C=C\CC)OC(=O)CCCCCCC/C=C\CCCCCC. The molecule has 408 valence electrons. The number of ether oxygens (including phenoxy) is 5. The fourth-order valence-electron chi connectivity index (χ4n) is 7.16. The van der Waals surface area contributed by atoms with E-state index >= 15 is 0 Å². The van der Waals surface area contributed by atoms with Crippen LogP contribution in [0.15, 0.2) is 134 Å². The molecule has 3 N–H and O–H groups in total. The number of hydrogen-bond acceptors (Lipinski definition) is 11. The second kappa shape index (κ2) is 47.8. The summed E-state index contributed by atoms with van der Waals surface area (Å²) in [7, 11) is 0. The van der Waals surface area contributed by atoms with E-state index in [-0.39, 0.29) is 19.3 Å². The lowest BCUT2D eigenvalue weighted by Gasteiger charge is -2.40. The van der Waals surface area contributed by atoms with Gasteiger partial charge in [-0.25, -0.2) is 4.79 Å². The van der Waals surface area contributed by atoms with Gasteiger partial charge in [-0.1, -0.05) is 193 Å². The quantitative estimate of drug-likeness (QED) is 0.0228. The van der Waals surface area contributed by atoms with Crippen molar-refractivity contribution >= 4 is 23.9 Å². The van der Waals surface area contributed by atoms with Crippen LogP contribution in [0.25, 0.3) is 0 Å². The monoisotopic (exact) mass is 1020 g/mol. The highest BCUT2D eigenvalue weighted by Gasteiger charge is 2.50. The molecule has 1 heterocycles. The molecule has 0 radical (unpaired) electrons. The van der Waals surface area contributed by atoms with Gasteiger partial charge >= 0.3 is 23.9 Å². The van der Waals surface area contributed by atoms with Crippen molar-refractivity contribution in [1.82, 2.24) is 0 Å². The molecule has 6 atom stereocenters. The van der Waals surface area contributed by atoms with Gasteiger partial charge in [0.05, 0.1) is 19.4 Å². The number of carbonyl (C=O) groups excluding carboxylic acids is 3. The van der Waals surface area contributed by atoms with E-state index < -0.39 is 73.9 Å². The molecule has 1 fully saturated rings. The molecular weight excluding hydrogens is 925 g/mol. The predicted molar refractivity (Wildman–Crippen MR) is 293 cm³/mol. The van der Waals surface area contributed by atoms with E-state index in [1.54, 1.807) is 18.2 Å². The van der Waals surface area contributed by atoms with Gasteiger partial charge in [0.25, 0.3) is 0 Å². The fraction of sp³-hybridized carbons (Fsp3) is 0.574. The molecule has 1 aliphatic heterocycles. The number of aliphatic carboxylic acids is 1. The first-order chi connectivity index (χ1) is 35.6. The van der Waals surface area contributed by atoms with Crippen LogP contribution in [0.2, 0.25) is 0 Å². The number of unbranched alkanes of at least 4 members (excludes halogenated alkanes) is 9. The van der Waals surface area contributed by atoms with Gasteiger partial charge in [0, 0.05) is 6.42 Å². The number of allylic oxidation sites excluding steroid dienone is 20. The van der Waals surface area contributed by atoms with Gasteiger partial charge in [0.2, 0.25) is 0 Å². The molecule has 1 saturated heterocycles. The Hall–Kier alpha value is -5.14. The molecule has 12 nitrogen and oxygen atoms in total. The molecule has 6 unspecified atom stereocenters. The Morgan fingerprint density at radius 2 is 0.904 bits per heavy atom. The number of carboxylic acid groups (broad SMARTS) is 1. The van der Waals surface area contributed by atoms with Gasteiger partial charge in [-0.15, -0.1) is 0 Å². The Labute approximate surface area is 439 Å². The van der Waals surface area contributed by atoms with E-state index in [2.05, 4.69) is 106 Å². The van der Waals surface area contributed by atoms with Crippen LogP contribution in [-0.4, -0.2) is 89.2 Å². The lowest BCUT2D eigenvalue weighted by atomic mass is 9.98. The summed E-state index contributed by atoms with van der Waals surface area (Å²) in [5, 5.41) is 31.3. The molecular formula is C61H92O12. The fourth-order valence-corrected chi connectivity index (χ4v) is 7.16. The molecule has 12 heteroatoms. The molecule has 1 rings (SSSR count). The lowest BCUT2D eigenvalue weighted by Crippen LogP contribution is -2.61. The lowest BCUT2D eigenvalue weighted by molar-refractivity contribution is -0.301. The third-order valence-electron chi connectivity index (χ3n) is 11.3. The number of esters is 3. The van der Waals surface area contributed by atoms with Crippen molar-refractivity contribution in [3.8, 4) is 0 Å². The topological polar surface area (TPSA) is 175 Å². The predicted octanol–water partition coefficient (Wildman–Crippen LogP) is 13.4. The highest BCUT2D eigenvalue weighted by molar-refractivity contribution is 5.74. The number of carboxylic acids is 1. The zero-order valence-corrected chi connectivity index (χ0v) is 44.6. The van der Waals surface area contributed by atoms with Gasteiger partial charge in [-0.2, -0.15) is 0 Å². The van der Waals surface area contributed by atoms with E-state index in [4.69, 9.17) is 23.7 Å². The van der Waals surface area contributed by atoms with Gasteiger partial charge < -0.3 is 39.0 Å². The normalized spacial score (nSPS) is 19.4. The van der Waals surface area contributed by atoms with E-state index in [0.29, 0.717) is 19.3 Å². The largest absolute Gasteiger partial charge is 0.479 e. The Morgan fingerprint density at radius 1 is 0.479 bits per heavy atom. The summed E-state index contributed by atoms with van der Waals surface area (Å²) in [5.74, 6) is -3.49. The molecule has 1 aliphatic rings. The summed E-state index contributed by atoms with van der Waals surface area (Å²) < 4.78 is 28.1. The molecule has 0 aromatic rings. The van der Waals surface area contributed by atoms with Crippen LogP contribution >= 0.6 is 0 Å². The zero-order chi connectivity index (χ0) is 53.3. The Morgan fingerprint density at radius 3 is 1.37 bits per heavy atom. The second-order valence-electron chi connectivity index (χ2n) is 17.8. The standard InChI is InChI=1S/C61H92O12/c1-4-7-10-13-16-19-22-25-27-30-32-35-38-41-44-47-53(62)69-50-52(71-54(63)48-45-42-39-36-33-29-24-21-18-15-12-9-6-3)51-70-61-59(57(66)56(65)58(73-61)60(67)68)72-55(64)49-46-43-40-37-34-31-28-26-23-20-17-14-11-8-5-2/h7-8,10-11,16-17,19-21,24-28,32,34-35,37,41,43-44,46,52,56-59,61,65-66H,4-6,9,12-15,18,22-23,29-31,33,36,38-40,42,45,47-51H2,1-3H3,(H,67,68)/b10-7-,11-8-,19-16-,20-17-,24-21-,27-25-,28-26-,35-32-,37-34-,44-41-,46-43-. The van der Waals surface area contributed by atoms with Crippen LogP contribution in [-0.2, 0) is 42.9 Å². The van der Waals surface area contributed by atoms with Gasteiger partial charge in [0.15, 0.2) is 24.6 Å². The summed E-state index contributed by atoms with van der Waals surface area (Å²) >= 11 is 0. The van der Waals surface area contributed by atoms with Crippen LogP contribution in [0.3, 0.4) is 0 Å². The van der Waals surface area contributed by atoms with E-state index in [1.807, 2.05) is 30.4 Å². The first-order valence-electron chi connectivity index (χ1n) is 27.2. The van der Waals surface area contributed by atoms with Crippen LogP contribution < -0.4 is 0 Å². The second-order valence-corrected chi connectivity index (χ2v) is 17.8. The average Bonchev–Trinajstić information content (AvgIpc) is 3.37. The molecule has 0 aromatic carbocycles. The maximum atomic E-state index is 13.1. The minimum absolute atomic E-state index is 0.0319. The van der Waals surface area contributed by atoms with Crippen LogP contribution in [0.5, 0.6) is 0 Å². The first kappa shape index (κ1) is 65.9. The van der Waals surface area contributed by atoms with E-state index in [0.717, 1.165) is 89.9 Å². The number of hydrogen-bond donors (Lipinski definition) is 3. The molecule has 0 aliphatic carbocycles.